The van der Waals surface area contributed by atoms with Gasteiger partial charge in [0.05, 0.1) is 6.61 Å². The molecule has 0 aliphatic carbocycles. The molecule has 0 aromatic heterocycles. The zero-order valence-corrected chi connectivity index (χ0v) is 16.2. The number of carbonyl (C=O) groups excluding carboxylic acids is 1. The van der Waals surface area contributed by atoms with Crippen LogP contribution in [-0.4, -0.2) is 36.3 Å². The first-order valence-corrected chi connectivity index (χ1v) is 9.25. The maximum absolute atomic E-state index is 12.1. The Bertz CT molecular complexity index is 543. The summed E-state index contributed by atoms with van der Waals surface area (Å²) < 4.78 is 11.3. The van der Waals surface area contributed by atoms with Gasteiger partial charge in [-0.05, 0) is 58.1 Å². The van der Waals surface area contributed by atoms with Crippen LogP contribution in [0.3, 0.4) is 0 Å². The fraction of sp³-hybridized carbons (Fsp3) is 0.632. The van der Waals surface area contributed by atoms with Crippen LogP contribution < -0.4 is 0 Å². The standard InChI is InChI=1S/C19H29NO3S/c1-15-6-8-16(9-7-15)24-22-14-19(5)10-12-20(13-11-19)17(21)23-18(2,3)4/h6-9H,10-14H2,1-5H3. The van der Waals surface area contributed by atoms with Crippen LogP contribution in [-0.2, 0) is 8.92 Å². The first kappa shape index (κ1) is 19.1. The summed E-state index contributed by atoms with van der Waals surface area (Å²) in [4.78, 5) is 15.0. The van der Waals surface area contributed by atoms with Gasteiger partial charge in [-0.3, -0.25) is 0 Å². The van der Waals surface area contributed by atoms with Crippen LogP contribution in [0.2, 0.25) is 0 Å². The number of hydrogen-bond acceptors (Lipinski definition) is 4. The lowest BCUT2D eigenvalue weighted by Gasteiger charge is -2.39. The van der Waals surface area contributed by atoms with Crippen LogP contribution >= 0.6 is 12.0 Å². The average molecular weight is 352 g/mol. The summed E-state index contributed by atoms with van der Waals surface area (Å²) >= 11 is 1.43. The van der Waals surface area contributed by atoms with Crippen molar-refractivity contribution >= 4 is 18.1 Å². The molecule has 1 heterocycles. The first-order chi connectivity index (χ1) is 11.2. The fourth-order valence-electron chi connectivity index (χ4n) is 2.53. The minimum Gasteiger partial charge on any atom is -0.444 e. The van der Waals surface area contributed by atoms with Gasteiger partial charge in [0.2, 0.25) is 0 Å². The SMILES string of the molecule is Cc1ccc(SOCC2(C)CCN(C(=O)OC(C)(C)C)CC2)cc1. The molecule has 5 heteroatoms. The van der Waals surface area contributed by atoms with Crippen molar-refractivity contribution in [3.05, 3.63) is 29.8 Å². The van der Waals surface area contributed by atoms with E-state index in [0.717, 1.165) is 30.8 Å². The molecule has 0 N–H and O–H groups in total. The van der Waals surface area contributed by atoms with E-state index in [1.807, 2.05) is 20.8 Å². The number of nitrogens with zero attached hydrogens (tertiary/aromatic N) is 1. The molecule has 1 aliphatic rings. The van der Waals surface area contributed by atoms with Crippen molar-refractivity contribution in [2.24, 2.45) is 5.41 Å². The zero-order valence-electron chi connectivity index (χ0n) is 15.4. The number of piperidine rings is 1. The Hall–Kier alpha value is -1.20. The molecule has 4 nitrogen and oxygen atoms in total. The van der Waals surface area contributed by atoms with Crippen molar-refractivity contribution in [2.45, 2.75) is 58.0 Å². The van der Waals surface area contributed by atoms with Crippen LogP contribution in [0.25, 0.3) is 0 Å². The van der Waals surface area contributed by atoms with Crippen LogP contribution in [0, 0.1) is 12.3 Å². The molecule has 1 aromatic carbocycles. The quantitative estimate of drug-likeness (QED) is 0.711. The Labute approximate surface area is 150 Å². The molecule has 0 bridgehead atoms. The number of aryl methyl sites for hydroxylation is 1. The monoisotopic (exact) mass is 351 g/mol. The Balaban J connectivity index is 1.75. The lowest BCUT2D eigenvalue weighted by Crippen LogP contribution is -2.45. The van der Waals surface area contributed by atoms with Crippen molar-refractivity contribution in [2.75, 3.05) is 19.7 Å². The van der Waals surface area contributed by atoms with Gasteiger partial charge in [-0.15, -0.1) is 0 Å². The summed E-state index contributed by atoms with van der Waals surface area (Å²) in [6.07, 6.45) is 1.65. The highest BCUT2D eigenvalue weighted by Crippen LogP contribution is 2.34. The summed E-state index contributed by atoms with van der Waals surface area (Å²) in [6.45, 7) is 12.1. The number of benzene rings is 1. The molecule has 1 fully saturated rings. The molecule has 0 atom stereocenters. The second kappa shape index (κ2) is 7.79. The Morgan fingerprint density at radius 3 is 2.33 bits per heavy atom. The van der Waals surface area contributed by atoms with Crippen molar-refractivity contribution in [3.63, 3.8) is 0 Å². The van der Waals surface area contributed by atoms with Crippen LogP contribution in [0.4, 0.5) is 4.79 Å². The molecule has 0 radical (unpaired) electrons. The zero-order chi connectivity index (χ0) is 17.8. The number of carbonyl (C=O) groups is 1. The summed E-state index contributed by atoms with van der Waals surface area (Å²) in [7, 11) is 0. The van der Waals surface area contributed by atoms with Crippen LogP contribution in [0.5, 0.6) is 0 Å². The van der Waals surface area contributed by atoms with Crippen LogP contribution in [0.15, 0.2) is 29.2 Å². The minimum absolute atomic E-state index is 0.107. The third-order valence-corrected chi connectivity index (χ3v) is 4.91. The normalized spacial score (nSPS) is 17.6. The molecular formula is C19H29NO3S. The van der Waals surface area contributed by atoms with E-state index in [4.69, 9.17) is 8.92 Å². The van der Waals surface area contributed by atoms with Crippen molar-refractivity contribution in [3.8, 4) is 0 Å². The van der Waals surface area contributed by atoms with Crippen molar-refractivity contribution in [1.82, 2.24) is 4.90 Å². The molecule has 1 amide bonds. The summed E-state index contributed by atoms with van der Waals surface area (Å²) in [6, 6.07) is 8.33. The molecule has 2 rings (SSSR count). The summed E-state index contributed by atoms with van der Waals surface area (Å²) in [5, 5.41) is 0. The topological polar surface area (TPSA) is 38.8 Å². The van der Waals surface area contributed by atoms with E-state index < -0.39 is 5.60 Å². The number of hydrogen-bond donors (Lipinski definition) is 0. The second-order valence-electron chi connectivity index (χ2n) is 7.94. The van der Waals surface area contributed by atoms with E-state index in [2.05, 4.69) is 38.1 Å². The van der Waals surface area contributed by atoms with Gasteiger partial charge in [-0.1, -0.05) is 24.6 Å². The molecule has 0 saturated carbocycles. The third-order valence-electron chi connectivity index (χ3n) is 4.21. The molecule has 0 spiro atoms. The highest BCUT2D eigenvalue weighted by Gasteiger charge is 2.34. The van der Waals surface area contributed by atoms with Crippen LogP contribution in [0.1, 0.15) is 46.1 Å². The Morgan fingerprint density at radius 2 is 1.79 bits per heavy atom. The van der Waals surface area contributed by atoms with Gasteiger partial charge in [0, 0.05) is 30.0 Å². The van der Waals surface area contributed by atoms with E-state index >= 15 is 0 Å². The van der Waals surface area contributed by atoms with Gasteiger partial charge in [0.25, 0.3) is 0 Å². The molecule has 1 aliphatic heterocycles. The average Bonchev–Trinajstić information content (AvgIpc) is 2.48. The van der Waals surface area contributed by atoms with Gasteiger partial charge in [0.1, 0.15) is 5.60 Å². The number of rotatable bonds is 4. The Morgan fingerprint density at radius 1 is 1.21 bits per heavy atom. The maximum Gasteiger partial charge on any atom is 0.410 e. The van der Waals surface area contributed by atoms with Gasteiger partial charge < -0.3 is 13.8 Å². The molecule has 0 unspecified atom stereocenters. The molecule has 1 saturated heterocycles. The van der Waals surface area contributed by atoms with Gasteiger partial charge in [-0.25, -0.2) is 4.79 Å². The van der Waals surface area contributed by atoms with Gasteiger partial charge >= 0.3 is 6.09 Å². The van der Waals surface area contributed by atoms with Crippen molar-refractivity contribution < 1.29 is 13.7 Å². The molecule has 24 heavy (non-hydrogen) atoms. The molecular weight excluding hydrogens is 322 g/mol. The van der Waals surface area contributed by atoms with Gasteiger partial charge in [-0.2, -0.15) is 0 Å². The number of amides is 1. The van der Waals surface area contributed by atoms with E-state index in [1.54, 1.807) is 4.90 Å². The van der Waals surface area contributed by atoms with E-state index in [-0.39, 0.29) is 11.5 Å². The lowest BCUT2D eigenvalue weighted by atomic mass is 9.81. The smallest absolute Gasteiger partial charge is 0.410 e. The fourth-order valence-corrected chi connectivity index (χ4v) is 3.26. The van der Waals surface area contributed by atoms with E-state index in [9.17, 15) is 4.79 Å². The second-order valence-corrected chi connectivity index (χ2v) is 8.81. The predicted molar refractivity (Wildman–Crippen MR) is 98.1 cm³/mol. The van der Waals surface area contributed by atoms with Gasteiger partial charge in [0.15, 0.2) is 0 Å². The Kier molecular flexibility index (Phi) is 6.21. The number of likely N-dealkylation sites (tertiary alicyclic amines) is 1. The highest BCUT2D eigenvalue weighted by atomic mass is 32.2. The predicted octanol–water partition coefficient (Wildman–Crippen LogP) is 5.06. The lowest BCUT2D eigenvalue weighted by molar-refractivity contribution is 0.00709. The summed E-state index contributed by atoms with van der Waals surface area (Å²) in [5.41, 5.74) is 0.919. The summed E-state index contributed by atoms with van der Waals surface area (Å²) in [5.74, 6) is 0. The molecule has 134 valence electrons. The highest BCUT2D eigenvalue weighted by molar-refractivity contribution is 7.94. The van der Waals surface area contributed by atoms with E-state index in [0.29, 0.717) is 6.61 Å². The van der Waals surface area contributed by atoms with Crippen molar-refractivity contribution in [1.29, 1.82) is 0 Å². The van der Waals surface area contributed by atoms with E-state index in [1.165, 1.54) is 17.6 Å². The first-order valence-electron chi connectivity index (χ1n) is 8.51. The number of ether oxygens (including phenoxy) is 1. The molecule has 1 aromatic rings. The largest absolute Gasteiger partial charge is 0.444 e. The maximum atomic E-state index is 12.1. The third kappa shape index (κ3) is 6.02. The minimum atomic E-state index is -0.439.